The van der Waals surface area contributed by atoms with Crippen LogP contribution in [0.2, 0.25) is 0 Å². The van der Waals surface area contributed by atoms with Crippen LogP contribution in [0.1, 0.15) is 57.7 Å². The Bertz CT molecular complexity index is 1200. The lowest BCUT2D eigenvalue weighted by atomic mass is 10.0. The summed E-state index contributed by atoms with van der Waals surface area (Å²) < 4.78 is 2.08. The summed E-state index contributed by atoms with van der Waals surface area (Å²) in [6.07, 6.45) is 7.61. The Morgan fingerprint density at radius 3 is 2.62 bits per heavy atom. The third-order valence-electron chi connectivity index (χ3n) is 6.99. The van der Waals surface area contributed by atoms with Gasteiger partial charge < -0.3 is 14.8 Å². The van der Waals surface area contributed by atoms with Crippen molar-refractivity contribution >= 4 is 17.8 Å². The first-order valence-corrected chi connectivity index (χ1v) is 12.1. The molecular weight excluding hydrogens is 426 g/mol. The van der Waals surface area contributed by atoms with Crippen LogP contribution >= 0.6 is 0 Å². The van der Waals surface area contributed by atoms with E-state index in [9.17, 15) is 4.79 Å². The zero-order chi connectivity index (χ0) is 24.0. The van der Waals surface area contributed by atoms with Gasteiger partial charge in [-0.15, -0.1) is 0 Å². The third-order valence-corrected chi connectivity index (χ3v) is 6.99. The average Bonchev–Trinajstić information content (AvgIpc) is 3.29. The maximum Gasteiger partial charge on any atom is 0.325 e. The van der Waals surface area contributed by atoms with Gasteiger partial charge in [0.05, 0.1) is 23.6 Å². The number of amides is 2. The third kappa shape index (κ3) is 4.02. The number of benzene rings is 1. The van der Waals surface area contributed by atoms with Crippen LogP contribution in [-0.2, 0) is 5.54 Å². The van der Waals surface area contributed by atoms with Crippen molar-refractivity contribution in [2.24, 2.45) is 5.92 Å². The van der Waals surface area contributed by atoms with E-state index in [1.165, 1.54) is 5.56 Å². The number of imidazole rings is 1. The number of likely N-dealkylation sites (N-methyl/N-ethyl adjacent to an activating group) is 1. The standard InChI is InChI=1S/C26H33N7O/c1-17(2)19-7-6-8-20(13-19)32-15-22(28-16-32)26(10-11-26)30-24-27-12-9-23(29-24)33-21(18(3)4)14-31(5)25(33)34/h6-9,12-13,15-18,21H,10-11,14H2,1-5H3,(H,27,29,30). The van der Waals surface area contributed by atoms with Crippen molar-refractivity contribution in [1.29, 1.82) is 0 Å². The minimum atomic E-state index is -0.275. The van der Waals surface area contributed by atoms with Gasteiger partial charge >= 0.3 is 6.03 Å². The predicted octanol–water partition coefficient (Wildman–Crippen LogP) is 4.78. The Kier molecular flexibility index (Phi) is 5.54. The number of carbonyl (C=O) groups is 1. The molecule has 1 aromatic carbocycles. The van der Waals surface area contributed by atoms with Crippen molar-refractivity contribution in [1.82, 2.24) is 24.4 Å². The fourth-order valence-corrected chi connectivity index (χ4v) is 4.63. The summed E-state index contributed by atoms with van der Waals surface area (Å²) in [5.74, 6) is 1.96. The van der Waals surface area contributed by atoms with E-state index in [1.54, 1.807) is 16.0 Å². The number of carbonyl (C=O) groups excluding carboxylic acids is 1. The zero-order valence-electron chi connectivity index (χ0n) is 20.6. The first-order chi connectivity index (χ1) is 16.3. The number of hydrogen-bond acceptors (Lipinski definition) is 5. The quantitative estimate of drug-likeness (QED) is 0.550. The van der Waals surface area contributed by atoms with Crippen LogP contribution in [0.3, 0.4) is 0 Å². The number of urea groups is 1. The highest BCUT2D eigenvalue weighted by atomic mass is 16.2. The molecule has 8 nitrogen and oxygen atoms in total. The molecule has 178 valence electrons. The van der Waals surface area contributed by atoms with Gasteiger partial charge in [-0.05, 0) is 48.4 Å². The molecule has 1 N–H and O–H groups in total. The fourth-order valence-electron chi connectivity index (χ4n) is 4.63. The zero-order valence-corrected chi connectivity index (χ0v) is 20.6. The molecule has 3 heterocycles. The van der Waals surface area contributed by atoms with Gasteiger partial charge in [-0.1, -0.05) is 39.8 Å². The molecular formula is C26H33N7O. The monoisotopic (exact) mass is 459 g/mol. The summed E-state index contributed by atoms with van der Waals surface area (Å²) in [5, 5.41) is 3.52. The van der Waals surface area contributed by atoms with Gasteiger partial charge in [0.15, 0.2) is 0 Å². The number of hydrogen-bond donors (Lipinski definition) is 1. The van der Waals surface area contributed by atoms with Crippen LogP contribution in [0.25, 0.3) is 5.69 Å². The van der Waals surface area contributed by atoms with Crippen LogP contribution in [-0.4, -0.2) is 50.1 Å². The number of anilines is 2. The largest absolute Gasteiger partial charge is 0.343 e. The molecule has 2 aliphatic rings. The highest BCUT2D eigenvalue weighted by Gasteiger charge is 2.47. The van der Waals surface area contributed by atoms with Gasteiger partial charge in [0.2, 0.25) is 5.95 Å². The van der Waals surface area contributed by atoms with E-state index >= 15 is 0 Å². The van der Waals surface area contributed by atoms with Gasteiger partial charge in [0.1, 0.15) is 5.82 Å². The summed E-state index contributed by atoms with van der Waals surface area (Å²) in [6, 6.07) is 10.5. The Morgan fingerprint density at radius 2 is 1.91 bits per heavy atom. The Hall–Kier alpha value is -3.42. The molecule has 2 amide bonds. The van der Waals surface area contributed by atoms with Crippen molar-refractivity contribution in [2.75, 3.05) is 23.8 Å². The van der Waals surface area contributed by atoms with E-state index in [4.69, 9.17) is 9.97 Å². The first kappa shape index (κ1) is 22.4. The molecule has 3 aromatic rings. The van der Waals surface area contributed by atoms with Gasteiger partial charge in [-0.25, -0.2) is 14.8 Å². The molecule has 8 heteroatoms. The number of aromatic nitrogens is 4. The molecule has 1 aliphatic carbocycles. The topological polar surface area (TPSA) is 79.2 Å². The van der Waals surface area contributed by atoms with E-state index < -0.39 is 0 Å². The van der Waals surface area contributed by atoms with Crippen LogP contribution in [0, 0.1) is 5.92 Å². The number of nitrogens with one attached hydrogen (secondary N) is 1. The van der Waals surface area contributed by atoms with Crippen LogP contribution in [0.4, 0.5) is 16.6 Å². The van der Waals surface area contributed by atoms with Gasteiger partial charge in [0, 0.05) is 31.7 Å². The number of nitrogens with zero attached hydrogens (tertiary/aromatic N) is 6. The Morgan fingerprint density at radius 1 is 1.12 bits per heavy atom. The molecule has 0 spiro atoms. The molecule has 2 aromatic heterocycles. The highest BCUT2D eigenvalue weighted by molar-refractivity contribution is 5.94. The van der Waals surface area contributed by atoms with Gasteiger partial charge in [-0.2, -0.15) is 4.98 Å². The van der Waals surface area contributed by atoms with Gasteiger partial charge in [-0.3, -0.25) is 4.90 Å². The van der Waals surface area contributed by atoms with Gasteiger partial charge in [0.25, 0.3) is 0 Å². The van der Waals surface area contributed by atoms with Crippen LogP contribution < -0.4 is 10.2 Å². The summed E-state index contributed by atoms with van der Waals surface area (Å²) in [7, 11) is 1.84. The molecule has 1 aliphatic heterocycles. The van der Waals surface area contributed by atoms with Crippen molar-refractivity contribution < 1.29 is 4.79 Å². The highest BCUT2D eigenvalue weighted by Crippen LogP contribution is 2.47. The number of rotatable bonds is 7. The van der Waals surface area contributed by atoms with Crippen molar-refractivity contribution in [2.45, 2.75) is 58.0 Å². The van der Waals surface area contributed by atoms with Crippen molar-refractivity contribution in [3.63, 3.8) is 0 Å². The van der Waals surface area contributed by atoms with Crippen molar-refractivity contribution in [3.8, 4) is 5.69 Å². The first-order valence-electron chi connectivity index (χ1n) is 12.1. The maximum atomic E-state index is 12.8. The molecule has 2 fully saturated rings. The molecule has 1 unspecified atom stereocenters. The lowest BCUT2D eigenvalue weighted by Crippen LogP contribution is -2.38. The maximum absolute atomic E-state index is 12.8. The second kappa shape index (κ2) is 8.42. The molecule has 0 radical (unpaired) electrons. The molecule has 5 rings (SSSR count). The van der Waals surface area contributed by atoms with E-state index in [0.29, 0.717) is 30.1 Å². The molecule has 34 heavy (non-hydrogen) atoms. The summed E-state index contributed by atoms with van der Waals surface area (Å²) in [4.78, 5) is 30.3. The molecule has 1 saturated carbocycles. The Balaban J connectivity index is 1.38. The van der Waals surface area contributed by atoms with E-state index in [1.807, 2.05) is 19.4 Å². The smallest absolute Gasteiger partial charge is 0.325 e. The van der Waals surface area contributed by atoms with Crippen LogP contribution in [0.5, 0.6) is 0 Å². The lowest BCUT2D eigenvalue weighted by Gasteiger charge is -2.25. The van der Waals surface area contributed by atoms with E-state index in [-0.39, 0.29) is 17.6 Å². The normalized spacial score (nSPS) is 19.4. The molecule has 1 saturated heterocycles. The minimum absolute atomic E-state index is 0.0214. The molecule has 0 bridgehead atoms. The Labute approximate surface area is 201 Å². The fraction of sp³-hybridized carbons (Fsp3) is 0.462. The van der Waals surface area contributed by atoms with E-state index in [0.717, 1.165) is 24.2 Å². The predicted molar refractivity (Wildman–Crippen MR) is 133 cm³/mol. The van der Waals surface area contributed by atoms with Crippen LogP contribution in [0.15, 0.2) is 49.1 Å². The second-order valence-electron chi connectivity index (χ2n) is 10.2. The SMILES string of the molecule is CC(C)c1cccc(-n2cnc(C3(Nc4nccc(N5C(=O)N(C)CC5C(C)C)n4)CC3)c2)c1. The molecule has 1 atom stereocenters. The van der Waals surface area contributed by atoms with E-state index in [2.05, 4.69) is 73.0 Å². The average molecular weight is 460 g/mol. The second-order valence-corrected chi connectivity index (χ2v) is 10.2. The lowest BCUT2D eigenvalue weighted by molar-refractivity contribution is 0.229. The van der Waals surface area contributed by atoms with Crippen molar-refractivity contribution in [3.05, 3.63) is 60.3 Å². The summed E-state index contributed by atoms with van der Waals surface area (Å²) in [6.45, 7) is 9.37. The summed E-state index contributed by atoms with van der Waals surface area (Å²) >= 11 is 0. The summed E-state index contributed by atoms with van der Waals surface area (Å²) in [5.41, 5.74) is 3.12. The minimum Gasteiger partial charge on any atom is -0.343 e.